The number of aryl methyl sites for hydroxylation is 1. The zero-order valence-electron chi connectivity index (χ0n) is 12.3. The smallest absolute Gasteiger partial charge is 0.311 e. The molecular weight excluding hydrogens is 268 g/mol. The molecule has 21 heavy (non-hydrogen) atoms. The summed E-state index contributed by atoms with van der Waals surface area (Å²) in [7, 11) is 0. The Morgan fingerprint density at radius 3 is 2.90 bits per heavy atom. The lowest BCUT2D eigenvalue weighted by molar-refractivity contribution is -0.149. The molecule has 5 nitrogen and oxygen atoms in total. The molecule has 0 aromatic heterocycles. The first-order chi connectivity index (χ1) is 9.91. The Morgan fingerprint density at radius 2 is 2.24 bits per heavy atom. The van der Waals surface area contributed by atoms with Crippen LogP contribution in [0.1, 0.15) is 38.2 Å². The SMILES string of the molecule is CC1(C(=O)O)CCCC1NC(=O)CCc1cccc(N)c1. The van der Waals surface area contributed by atoms with E-state index in [-0.39, 0.29) is 11.9 Å². The van der Waals surface area contributed by atoms with Gasteiger partial charge in [0.2, 0.25) is 5.91 Å². The van der Waals surface area contributed by atoms with Crippen molar-refractivity contribution in [1.29, 1.82) is 0 Å². The highest BCUT2D eigenvalue weighted by molar-refractivity contribution is 5.80. The molecule has 0 aliphatic heterocycles. The van der Waals surface area contributed by atoms with Crippen LogP contribution in [0.3, 0.4) is 0 Å². The van der Waals surface area contributed by atoms with Crippen molar-refractivity contribution in [2.45, 2.75) is 45.1 Å². The lowest BCUT2D eigenvalue weighted by Crippen LogP contribution is -2.47. The van der Waals surface area contributed by atoms with Crippen molar-refractivity contribution in [2.24, 2.45) is 5.41 Å². The lowest BCUT2D eigenvalue weighted by atomic mass is 9.85. The Hall–Kier alpha value is -2.04. The summed E-state index contributed by atoms with van der Waals surface area (Å²) < 4.78 is 0. The number of hydrogen-bond acceptors (Lipinski definition) is 3. The minimum absolute atomic E-state index is 0.100. The Balaban J connectivity index is 1.89. The van der Waals surface area contributed by atoms with Gasteiger partial charge in [-0.1, -0.05) is 18.6 Å². The molecule has 1 aromatic carbocycles. The molecule has 2 rings (SSSR count). The van der Waals surface area contributed by atoms with Gasteiger partial charge in [-0.05, 0) is 43.9 Å². The summed E-state index contributed by atoms with van der Waals surface area (Å²) in [6.45, 7) is 1.71. The number of nitrogens with two attached hydrogens (primary N) is 1. The second-order valence-corrected chi connectivity index (χ2v) is 5.98. The van der Waals surface area contributed by atoms with E-state index in [9.17, 15) is 14.7 Å². The summed E-state index contributed by atoms with van der Waals surface area (Å²) in [5, 5.41) is 12.2. The first kappa shape index (κ1) is 15.4. The molecule has 0 saturated heterocycles. The van der Waals surface area contributed by atoms with E-state index < -0.39 is 11.4 Å². The maximum Gasteiger partial charge on any atom is 0.311 e. The highest BCUT2D eigenvalue weighted by Crippen LogP contribution is 2.38. The number of carbonyl (C=O) groups excluding carboxylic acids is 1. The second-order valence-electron chi connectivity index (χ2n) is 5.98. The first-order valence-electron chi connectivity index (χ1n) is 7.29. The summed E-state index contributed by atoms with van der Waals surface area (Å²) in [5.41, 5.74) is 6.55. The van der Waals surface area contributed by atoms with Gasteiger partial charge >= 0.3 is 5.97 Å². The minimum Gasteiger partial charge on any atom is -0.481 e. The monoisotopic (exact) mass is 290 g/mol. The van der Waals surface area contributed by atoms with Gasteiger partial charge < -0.3 is 16.2 Å². The number of aliphatic carboxylic acids is 1. The van der Waals surface area contributed by atoms with Crippen LogP contribution < -0.4 is 11.1 Å². The van der Waals surface area contributed by atoms with Crippen LogP contribution in [0.4, 0.5) is 5.69 Å². The third-order valence-electron chi connectivity index (χ3n) is 4.37. The number of rotatable bonds is 5. The highest BCUT2D eigenvalue weighted by Gasteiger charge is 2.45. The summed E-state index contributed by atoms with van der Waals surface area (Å²) in [4.78, 5) is 23.4. The Labute approximate surface area is 124 Å². The molecule has 1 aliphatic rings. The molecule has 1 aromatic rings. The Kier molecular flexibility index (Phi) is 4.50. The lowest BCUT2D eigenvalue weighted by Gasteiger charge is -2.27. The van der Waals surface area contributed by atoms with E-state index in [0.29, 0.717) is 24.9 Å². The van der Waals surface area contributed by atoms with Crippen LogP contribution in [0.25, 0.3) is 0 Å². The fourth-order valence-electron chi connectivity index (χ4n) is 2.93. The van der Waals surface area contributed by atoms with E-state index in [4.69, 9.17) is 5.73 Å². The van der Waals surface area contributed by atoms with E-state index in [0.717, 1.165) is 18.4 Å². The predicted molar refractivity (Wildman–Crippen MR) is 80.7 cm³/mol. The average Bonchev–Trinajstić information content (AvgIpc) is 2.79. The van der Waals surface area contributed by atoms with E-state index in [1.165, 1.54) is 0 Å². The van der Waals surface area contributed by atoms with Crippen molar-refractivity contribution in [3.05, 3.63) is 29.8 Å². The molecule has 1 aliphatic carbocycles. The van der Waals surface area contributed by atoms with Crippen LogP contribution in [0.15, 0.2) is 24.3 Å². The number of carboxylic acid groups (broad SMARTS) is 1. The Bertz CT molecular complexity index is 544. The number of carbonyl (C=O) groups is 2. The van der Waals surface area contributed by atoms with Crippen molar-refractivity contribution < 1.29 is 14.7 Å². The van der Waals surface area contributed by atoms with Crippen molar-refractivity contribution in [2.75, 3.05) is 5.73 Å². The van der Waals surface area contributed by atoms with Crippen molar-refractivity contribution in [3.8, 4) is 0 Å². The van der Waals surface area contributed by atoms with Crippen LogP contribution in [-0.2, 0) is 16.0 Å². The third kappa shape index (κ3) is 3.54. The molecule has 114 valence electrons. The summed E-state index contributed by atoms with van der Waals surface area (Å²) >= 11 is 0. The molecule has 0 radical (unpaired) electrons. The fraction of sp³-hybridized carbons (Fsp3) is 0.500. The molecule has 2 unspecified atom stereocenters. The number of benzene rings is 1. The van der Waals surface area contributed by atoms with Gasteiger partial charge in [0.25, 0.3) is 0 Å². The predicted octanol–water partition coefficient (Wildman–Crippen LogP) is 1.96. The van der Waals surface area contributed by atoms with Gasteiger partial charge in [0.15, 0.2) is 0 Å². The van der Waals surface area contributed by atoms with Crippen LogP contribution in [0.2, 0.25) is 0 Å². The Morgan fingerprint density at radius 1 is 1.48 bits per heavy atom. The van der Waals surface area contributed by atoms with Crippen molar-refractivity contribution in [1.82, 2.24) is 5.32 Å². The maximum absolute atomic E-state index is 12.0. The first-order valence-corrected chi connectivity index (χ1v) is 7.29. The fourth-order valence-corrected chi connectivity index (χ4v) is 2.93. The van der Waals surface area contributed by atoms with Gasteiger partial charge in [-0.25, -0.2) is 0 Å². The van der Waals surface area contributed by atoms with E-state index in [2.05, 4.69) is 5.32 Å². The van der Waals surface area contributed by atoms with Gasteiger partial charge in [-0.2, -0.15) is 0 Å². The normalized spacial score (nSPS) is 24.7. The van der Waals surface area contributed by atoms with Gasteiger partial charge in [0, 0.05) is 18.2 Å². The largest absolute Gasteiger partial charge is 0.481 e. The van der Waals surface area contributed by atoms with Gasteiger partial charge in [0.05, 0.1) is 5.41 Å². The van der Waals surface area contributed by atoms with E-state index in [1.54, 1.807) is 13.0 Å². The van der Waals surface area contributed by atoms with Gasteiger partial charge in [-0.3, -0.25) is 9.59 Å². The average molecular weight is 290 g/mol. The molecule has 0 heterocycles. The standard InChI is InChI=1S/C16H22N2O3/c1-16(15(20)21)9-3-6-13(16)18-14(19)8-7-11-4-2-5-12(17)10-11/h2,4-5,10,13H,3,6-9,17H2,1H3,(H,18,19)(H,20,21). The number of anilines is 1. The molecule has 1 saturated carbocycles. The van der Waals surface area contributed by atoms with Crippen LogP contribution >= 0.6 is 0 Å². The molecule has 0 bridgehead atoms. The highest BCUT2D eigenvalue weighted by atomic mass is 16.4. The number of nitrogen functional groups attached to an aromatic ring is 1. The van der Waals surface area contributed by atoms with Gasteiger partial charge in [-0.15, -0.1) is 0 Å². The van der Waals surface area contributed by atoms with E-state index in [1.807, 2.05) is 18.2 Å². The molecule has 2 atom stereocenters. The van der Waals surface area contributed by atoms with Crippen LogP contribution in [0, 0.1) is 5.41 Å². The number of amides is 1. The number of hydrogen-bond donors (Lipinski definition) is 3. The van der Waals surface area contributed by atoms with Crippen LogP contribution in [-0.4, -0.2) is 23.0 Å². The minimum atomic E-state index is -0.840. The molecule has 5 heteroatoms. The quantitative estimate of drug-likeness (QED) is 0.723. The van der Waals surface area contributed by atoms with Gasteiger partial charge in [0.1, 0.15) is 0 Å². The molecule has 1 fully saturated rings. The summed E-state index contributed by atoms with van der Waals surface area (Å²) in [5.74, 6) is -0.932. The zero-order chi connectivity index (χ0) is 15.5. The molecular formula is C16H22N2O3. The zero-order valence-corrected chi connectivity index (χ0v) is 12.3. The number of nitrogens with one attached hydrogen (secondary N) is 1. The second kappa shape index (κ2) is 6.16. The van der Waals surface area contributed by atoms with Crippen molar-refractivity contribution >= 4 is 17.6 Å². The summed E-state index contributed by atoms with van der Waals surface area (Å²) in [6, 6.07) is 7.18. The topological polar surface area (TPSA) is 92.4 Å². The molecule has 4 N–H and O–H groups in total. The summed E-state index contributed by atoms with van der Waals surface area (Å²) in [6.07, 6.45) is 3.13. The van der Waals surface area contributed by atoms with E-state index >= 15 is 0 Å². The maximum atomic E-state index is 12.0. The third-order valence-corrected chi connectivity index (χ3v) is 4.37. The number of carboxylic acids is 1. The molecule has 1 amide bonds. The van der Waals surface area contributed by atoms with Crippen molar-refractivity contribution in [3.63, 3.8) is 0 Å². The van der Waals surface area contributed by atoms with Crippen LogP contribution in [0.5, 0.6) is 0 Å². The molecule has 0 spiro atoms.